The van der Waals surface area contributed by atoms with Crippen molar-refractivity contribution in [2.24, 2.45) is 5.92 Å². The van der Waals surface area contributed by atoms with E-state index in [1.54, 1.807) is 16.8 Å². The first-order chi connectivity index (χ1) is 16.3. The Morgan fingerprint density at radius 2 is 1.91 bits per heavy atom. The molecule has 9 heteroatoms. The van der Waals surface area contributed by atoms with Crippen molar-refractivity contribution in [2.75, 3.05) is 42.9 Å². The third kappa shape index (κ3) is 4.07. The topological polar surface area (TPSA) is 91.8 Å². The molecule has 1 saturated heterocycles. The molecule has 0 amide bonds. The van der Waals surface area contributed by atoms with E-state index in [0.29, 0.717) is 28.5 Å². The van der Waals surface area contributed by atoms with E-state index in [0.717, 1.165) is 44.1 Å². The molecule has 33 heavy (non-hydrogen) atoms. The van der Waals surface area contributed by atoms with Crippen LogP contribution in [0.3, 0.4) is 0 Å². The van der Waals surface area contributed by atoms with Gasteiger partial charge in [-0.15, -0.1) is 0 Å². The van der Waals surface area contributed by atoms with E-state index in [9.17, 15) is 4.79 Å². The Labute approximate surface area is 191 Å². The fourth-order valence-corrected chi connectivity index (χ4v) is 4.37. The number of carbonyl (C=O) groups is 1. The van der Waals surface area contributed by atoms with Crippen LogP contribution < -0.4 is 10.2 Å². The molecule has 1 aliphatic heterocycles. The molecule has 1 aromatic carbocycles. The summed E-state index contributed by atoms with van der Waals surface area (Å²) >= 11 is 0. The zero-order valence-electron chi connectivity index (χ0n) is 18.2. The Kier molecular flexibility index (Phi) is 5.03. The lowest BCUT2D eigenvalue weighted by atomic mass is 10.2. The fourth-order valence-electron chi connectivity index (χ4n) is 4.37. The van der Waals surface area contributed by atoms with Crippen molar-refractivity contribution in [3.05, 3.63) is 54.7 Å². The van der Waals surface area contributed by atoms with Crippen molar-refractivity contribution in [3.63, 3.8) is 0 Å². The molecule has 168 valence electrons. The number of furan rings is 1. The standard InChI is InChI=1S/C24H25N7O2/c32-14-18-11-22(33-15-18)21-12-25-23(24-26-16-27-31(21)24)28-19-3-5-20(6-4-19)30-9-7-29(8-10-30)13-17-1-2-17/h3-6,11-12,14-17H,1-2,7-10,13H2,(H,25,28). The van der Waals surface area contributed by atoms with Crippen LogP contribution in [-0.2, 0) is 0 Å². The van der Waals surface area contributed by atoms with E-state index >= 15 is 0 Å². The van der Waals surface area contributed by atoms with Crippen LogP contribution in [0.25, 0.3) is 17.1 Å². The summed E-state index contributed by atoms with van der Waals surface area (Å²) in [6, 6.07) is 10.1. The van der Waals surface area contributed by atoms with Crippen molar-refractivity contribution < 1.29 is 9.21 Å². The van der Waals surface area contributed by atoms with E-state index in [-0.39, 0.29) is 0 Å². The lowest BCUT2D eigenvalue weighted by Gasteiger charge is -2.36. The van der Waals surface area contributed by atoms with Gasteiger partial charge in [-0.3, -0.25) is 9.69 Å². The Bertz CT molecular complexity index is 1270. The monoisotopic (exact) mass is 443 g/mol. The second kappa shape index (κ2) is 8.32. The third-order valence-corrected chi connectivity index (χ3v) is 6.39. The Morgan fingerprint density at radius 3 is 2.64 bits per heavy atom. The van der Waals surface area contributed by atoms with Gasteiger partial charge < -0.3 is 14.6 Å². The Morgan fingerprint density at radius 1 is 1.09 bits per heavy atom. The second-order valence-corrected chi connectivity index (χ2v) is 8.75. The lowest BCUT2D eigenvalue weighted by molar-refractivity contribution is 0.112. The predicted molar refractivity (Wildman–Crippen MR) is 125 cm³/mol. The number of piperazine rings is 1. The molecule has 1 saturated carbocycles. The average Bonchev–Trinajstić information content (AvgIpc) is 3.32. The molecule has 2 fully saturated rings. The average molecular weight is 444 g/mol. The van der Waals surface area contributed by atoms with Gasteiger partial charge in [0.05, 0.1) is 11.8 Å². The van der Waals surface area contributed by atoms with Crippen LogP contribution in [0.2, 0.25) is 0 Å². The largest absolute Gasteiger partial charge is 0.462 e. The first-order valence-electron chi connectivity index (χ1n) is 11.3. The Hall–Kier alpha value is -3.72. The summed E-state index contributed by atoms with van der Waals surface area (Å²) in [6.07, 6.45) is 8.11. The maximum absolute atomic E-state index is 11.0. The van der Waals surface area contributed by atoms with Gasteiger partial charge in [0.2, 0.25) is 0 Å². The molecule has 0 bridgehead atoms. The van der Waals surface area contributed by atoms with E-state index in [2.05, 4.69) is 54.4 Å². The summed E-state index contributed by atoms with van der Waals surface area (Å²) in [4.78, 5) is 24.9. The van der Waals surface area contributed by atoms with E-state index < -0.39 is 0 Å². The van der Waals surface area contributed by atoms with E-state index in [1.807, 2.05) is 0 Å². The number of fused-ring (bicyclic) bond motifs is 1. The highest BCUT2D eigenvalue weighted by molar-refractivity contribution is 5.78. The van der Waals surface area contributed by atoms with Crippen LogP contribution in [0.15, 0.2) is 53.5 Å². The van der Waals surface area contributed by atoms with Crippen LogP contribution in [0.4, 0.5) is 17.2 Å². The number of anilines is 3. The highest BCUT2D eigenvalue weighted by Gasteiger charge is 2.26. The normalized spacial score (nSPS) is 16.9. The van der Waals surface area contributed by atoms with Crippen LogP contribution in [0, 0.1) is 5.92 Å². The molecule has 3 aromatic heterocycles. The van der Waals surface area contributed by atoms with Gasteiger partial charge in [-0.25, -0.2) is 14.5 Å². The first kappa shape index (κ1) is 19.9. The number of hydrogen-bond donors (Lipinski definition) is 1. The number of carbonyl (C=O) groups excluding carboxylic acids is 1. The summed E-state index contributed by atoms with van der Waals surface area (Å²) in [5, 5.41) is 7.65. The van der Waals surface area contributed by atoms with Crippen molar-refractivity contribution in [2.45, 2.75) is 12.8 Å². The number of nitrogens with one attached hydrogen (secondary N) is 1. The van der Waals surface area contributed by atoms with Gasteiger partial charge in [-0.1, -0.05) is 0 Å². The smallest absolute Gasteiger partial charge is 0.199 e. The summed E-state index contributed by atoms with van der Waals surface area (Å²) < 4.78 is 7.14. The van der Waals surface area contributed by atoms with Gasteiger partial charge in [0.25, 0.3) is 0 Å². The molecule has 4 aromatic rings. The minimum atomic E-state index is 0.463. The minimum Gasteiger partial charge on any atom is -0.462 e. The molecule has 0 spiro atoms. The molecule has 0 atom stereocenters. The molecule has 1 aliphatic carbocycles. The predicted octanol–water partition coefficient (Wildman–Crippen LogP) is 3.47. The maximum Gasteiger partial charge on any atom is 0.199 e. The lowest BCUT2D eigenvalue weighted by Crippen LogP contribution is -2.47. The van der Waals surface area contributed by atoms with Gasteiger partial charge in [-0.05, 0) is 49.1 Å². The van der Waals surface area contributed by atoms with Gasteiger partial charge in [-0.2, -0.15) is 5.10 Å². The second-order valence-electron chi connectivity index (χ2n) is 8.75. The SMILES string of the molecule is O=Cc1coc(-c2cnc(Nc3ccc(N4CCN(CC5CC5)CC4)cc3)c3ncnn23)c1. The molecule has 9 nitrogen and oxygen atoms in total. The molecule has 0 radical (unpaired) electrons. The number of aromatic nitrogens is 4. The molecule has 6 rings (SSSR count). The Balaban J connectivity index is 1.16. The van der Waals surface area contributed by atoms with Gasteiger partial charge in [0.1, 0.15) is 18.3 Å². The van der Waals surface area contributed by atoms with Crippen molar-refractivity contribution in [1.29, 1.82) is 0 Å². The summed E-state index contributed by atoms with van der Waals surface area (Å²) in [7, 11) is 0. The van der Waals surface area contributed by atoms with E-state index in [4.69, 9.17) is 4.42 Å². The number of rotatable bonds is 7. The molecule has 2 aliphatic rings. The highest BCUT2D eigenvalue weighted by Crippen LogP contribution is 2.30. The fraction of sp³-hybridized carbons (Fsp3) is 0.333. The van der Waals surface area contributed by atoms with Gasteiger partial charge >= 0.3 is 0 Å². The third-order valence-electron chi connectivity index (χ3n) is 6.39. The summed E-state index contributed by atoms with van der Waals surface area (Å²) in [6.45, 7) is 5.70. The minimum absolute atomic E-state index is 0.463. The summed E-state index contributed by atoms with van der Waals surface area (Å²) in [5.41, 5.74) is 3.83. The summed E-state index contributed by atoms with van der Waals surface area (Å²) in [5.74, 6) is 2.06. The van der Waals surface area contributed by atoms with Crippen LogP contribution in [0.1, 0.15) is 23.2 Å². The number of benzene rings is 1. The van der Waals surface area contributed by atoms with Gasteiger partial charge in [0.15, 0.2) is 23.5 Å². The van der Waals surface area contributed by atoms with Crippen LogP contribution in [-0.4, -0.2) is 63.5 Å². The molecular formula is C24H25N7O2. The van der Waals surface area contributed by atoms with Gasteiger partial charge in [0, 0.05) is 44.1 Å². The van der Waals surface area contributed by atoms with Crippen molar-refractivity contribution in [1.82, 2.24) is 24.5 Å². The number of hydrogen-bond acceptors (Lipinski definition) is 8. The van der Waals surface area contributed by atoms with Crippen LogP contribution in [0.5, 0.6) is 0 Å². The number of nitrogens with zero attached hydrogens (tertiary/aromatic N) is 6. The van der Waals surface area contributed by atoms with Crippen molar-refractivity contribution >= 4 is 29.1 Å². The quantitative estimate of drug-likeness (QED) is 0.434. The molecular weight excluding hydrogens is 418 g/mol. The van der Waals surface area contributed by atoms with E-state index in [1.165, 1.54) is 37.7 Å². The van der Waals surface area contributed by atoms with Crippen LogP contribution >= 0.6 is 0 Å². The maximum atomic E-state index is 11.0. The molecule has 1 N–H and O–H groups in total. The molecule has 0 unspecified atom stereocenters. The highest BCUT2D eigenvalue weighted by atomic mass is 16.3. The van der Waals surface area contributed by atoms with Crippen molar-refractivity contribution in [3.8, 4) is 11.5 Å². The number of aldehydes is 1. The zero-order valence-corrected chi connectivity index (χ0v) is 18.2. The molecule has 4 heterocycles. The zero-order chi connectivity index (χ0) is 22.2. The first-order valence-corrected chi connectivity index (χ1v) is 11.3.